The van der Waals surface area contributed by atoms with E-state index in [0.29, 0.717) is 16.7 Å². The molecule has 0 fully saturated rings. The van der Waals surface area contributed by atoms with Crippen molar-refractivity contribution in [3.05, 3.63) is 38.9 Å². The van der Waals surface area contributed by atoms with Gasteiger partial charge in [0.05, 0.1) is 16.7 Å². The Morgan fingerprint density at radius 3 is 2.38 bits per heavy atom. The third-order valence-electron chi connectivity index (χ3n) is 3.17. The van der Waals surface area contributed by atoms with Gasteiger partial charge in [-0.3, -0.25) is 0 Å². The van der Waals surface area contributed by atoms with Crippen molar-refractivity contribution in [1.82, 2.24) is 9.97 Å². The third-order valence-corrected chi connectivity index (χ3v) is 3.17. The minimum absolute atomic E-state index is 0.156. The molecule has 2 aromatic rings. The largest absolute Gasteiger partial charge is 0.343 e. The fourth-order valence-electron chi connectivity index (χ4n) is 1.98. The van der Waals surface area contributed by atoms with Crippen LogP contribution in [0.2, 0.25) is 0 Å². The van der Waals surface area contributed by atoms with E-state index in [1.165, 1.54) is 0 Å². The predicted octanol–water partition coefficient (Wildman–Crippen LogP) is 1.71. The average molecular weight is 278 g/mol. The lowest BCUT2D eigenvalue weighted by atomic mass is 10.1. The van der Waals surface area contributed by atoms with E-state index in [4.69, 9.17) is 15.8 Å². The van der Waals surface area contributed by atoms with Crippen molar-refractivity contribution in [3.8, 4) is 18.2 Å². The minimum Gasteiger partial charge on any atom is -0.343 e. The topological polar surface area (TPSA) is 132 Å². The Kier molecular flexibility index (Phi) is 3.47. The summed E-state index contributed by atoms with van der Waals surface area (Å²) in [5, 5.41) is 29.6. The Morgan fingerprint density at radius 2 is 1.81 bits per heavy atom. The molecule has 0 atom stereocenters. The van der Waals surface area contributed by atoms with Crippen LogP contribution in [0.15, 0.2) is 22.1 Å². The molecule has 1 aromatic carbocycles. The maximum Gasteiger partial charge on any atom is 0.323 e. The standard InChI is InChI=1S/C14H10N6O/c1-7-3-10-13(20-14(21)19-10)12(8(7)2)18-11(6-17)9(4-15)5-16/h3,18H,1-2H3,(H2,19,20,21). The molecule has 2 rings (SSSR count). The van der Waals surface area contributed by atoms with E-state index in [2.05, 4.69) is 15.3 Å². The van der Waals surface area contributed by atoms with E-state index in [1.54, 1.807) is 24.3 Å². The molecule has 1 aromatic heterocycles. The van der Waals surface area contributed by atoms with Gasteiger partial charge in [-0.05, 0) is 31.0 Å². The minimum atomic E-state index is -0.374. The first kappa shape index (κ1) is 13.9. The van der Waals surface area contributed by atoms with E-state index in [-0.39, 0.29) is 17.0 Å². The predicted molar refractivity (Wildman–Crippen MR) is 75.9 cm³/mol. The summed E-state index contributed by atoms with van der Waals surface area (Å²) in [6.07, 6.45) is 0. The number of aromatic amines is 2. The highest BCUT2D eigenvalue weighted by molar-refractivity contribution is 5.92. The Labute approximate surface area is 119 Å². The normalized spacial score (nSPS) is 9.48. The molecule has 0 radical (unpaired) electrons. The summed E-state index contributed by atoms with van der Waals surface area (Å²) in [6, 6.07) is 6.92. The van der Waals surface area contributed by atoms with Crippen LogP contribution in [0.4, 0.5) is 5.69 Å². The summed E-state index contributed by atoms with van der Waals surface area (Å²) in [5.41, 5.74) is 2.42. The van der Waals surface area contributed by atoms with Crippen LogP contribution in [0, 0.1) is 47.8 Å². The van der Waals surface area contributed by atoms with Crippen LogP contribution in [-0.2, 0) is 0 Å². The van der Waals surface area contributed by atoms with Crippen molar-refractivity contribution in [2.75, 3.05) is 5.32 Å². The van der Waals surface area contributed by atoms with Gasteiger partial charge in [0.2, 0.25) is 0 Å². The molecule has 21 heavy (non-hydrogen) atoms. The summed E-state index contributed by atoms with van der Waals surface area (Å²) in [5.74, 6) is 0. The monoisotopic (exact) mass is 278 g/mol. The molecule has 3 N–H and O–H groups in total. The number of imidazole rings is 1. The first-order valence-electron chi connectivity index (χ1n) is 5.95. The van der Waals surface area contributed by atoms with Crippen molar-refractivity contribution in [2.45, 2.75) is 13.8 Å². The number of hydrogen-bond acceptors (Lipinski definition) is 5. The maximum atomic E-state index is 11.4. The first-order chi connectivity index (χ1) is 10.0. The number of anilines is 1. The molecule has 0 aliphatic carbocycles. The van der Waals surface area contributed by atoms with E-state index in [0.717, 1.165) is 11.1 Å². The Balaban J connectivity index is 2.74. The van der Waals surface area contributed by atoms with Crippen molar-refractivity contribution >= 4 is 16.7 Å². The number of H-pyrrole nitrogens is 2. The lowest BCUT2D eigenvalue weighted by Crippen LogP contribution is -2.04. The molecule has 0 saturated carbocycles. The second kappa shape index (κ2) is 5.24. The van der Waals surface area contributed by atoms with Crippen LogP contribution in [0.3, 0.4) is 0 Å². The smallest absolute Gasteiger partial charge is 0.323 e. The van der Waals surface area contributed by atoms with Crippen LogP contribution >= 0.6 is 0 Å². The summed E-state index contributed by atoms with van der Waals surface area (Å²) in [6.45, 7) is 3.67. The summed E-state index contributed by atoms with van der Waals surface area (Å²) >= 11 is 0. The molecule has 7 nitrogen and oxygen atoms in total. The Hall–Kier alpha value is -3.50. The molecule has 7 heteroatoms. The van der Waals surface area contributed by atoms with Gasteiger partial charge in [0.25, 0.3) is 0 Å². The number of nitrogens with zero attached hydrogens (tertiary/aromatic N) is 3. The molecule has 0 unspecified atom stereocenters. The van der Waals surface area contributed by atoms with E-state index < -0.39 is 0 Å². The fourth-order valence-corrected chi connectivity index (χ4v) is 1.98. The molecular formula is C14H10N6O. The third kappa shape index (κ3) is 2.34. The van der Waals surface area contributed by atoms with Crippen molar-refractivity contribution in [1.29, 1.82) is 15.8 Å². The maximum absolute atomic E-state index is 11.4. The van der Waals surface area contributed by atoms with Crippen LogP contribution in [0.25, 0.3) is 11.0 Å². The van der Waals surface area contributed by atoms with Gasteiger partial charge < -0.3 is 15.3 Å². The lowest BCUT2D eigenvalue weighted by Gasteiger charge is -2.12. The van der Waals surface area contributed by atoms with Crippen molar-refractivity contribution < 1.29 is 0 Å². The highest BCUT2D eigenvalue weighted by Gasteiger charge is 2.14. The van der Waals surface area contributed by atoms with E-state index in [1.807, 2.05) is 13.8 Å². The SMILES string of the molecule is Cc1cc2[nH]c(=O)[nH]c2c(NC(C#N)=C(C#N)C#N)c1C. The number of aromatic nitrogens is 2. The van der Waals surface area contributed by atoms with Gasteiger partial charge in [-0.2, -0.15) is 15.8 Å². The highest BCUT2D eigenvalue weighted by Crippen LogP contribution is 2.28. The van der Waals surface area contributed by atoms with Crippen molar-refractivity contribution in [2.24, 2.45) is 0 Å². The van der Waals surface area contributed by atoms with E-state index in [9.17, 15) is 4.79 Å². The van der Waals surface area contributed by atoms with Gasteiger partial charge >= 0.3 is 5.69 Å². The number of fused-ring (bicyclic) bond motifs is 1. The first-order valence-corrected chi connectivity index (χ1v) is 5.95. The molecule has 102 valence electrons. The number of nitriles is 3. The highest BCUT2D eigenvalue weighted by atomic mass is 16.1. The molecule has 0 bridgehead atoms. The van der Waals surface area contributed by atoms with Gasteiger partial charge in [0, 0.05) is 0 Å². The Bertz CT molecular complexity index is 923. The molecule has 0 saturated heterocycles. The summed E-state index contributed by atoms with van der Waals surface area (Å²) in [4.78, 5) is 16.7. The van der Waals surface area contributed by atoms with Crippen molar-refractivity contribution in [3.63, 3.8) is 0 Å². The molecule has 0 aliphatic rings. The van der Waals surface area contributed by atoms with Gasteiger partial charge in [-0.1, -0.05) is 0 Å². The molecule has 0 amide bonds. The number of hydrogen-bond donors (Lipinski definition) is 3. The van der Waals surface area contributed by atoms with E-state index >= 15 is 0 Å². The average Bonchev–Trinajstić information content (AvgIpc) is 2.83. The number of aryl methyl sites for hydroxylation is 1. The van der Waals surface area contributed by atoms with Crippen LogP contribution in [0.1, 0.15) is 11.1 Å². The fraction of sp³-hybridized carbons (Fsp3) is 0.143. The summed E-state index contributed by atoms with van der Waals surface area (Å²) in [7, 11) is 0. The number of benzene rings is 1. The second-order valence-electron chi connectivity index (χ2n) is 4.41. The Morgan fingerprint density at radius 1 is 1.14 bits per heavy atom. The number of rotatable bonds is 2. The quantitative estimate of drug-likeness (QED) is 0.719. The zero-order chi connectivity index (χ0) is 15.6. The molecule has 0 aliphatic heterocycles. The second-order valence-corrected chi connectivity index (χ2v) is 4.41. The van der Waals surface area contributed by atoms with Crippen LogP contribution < -0.4 is 11.0 Å². The number of nitrogens with one attached hydrogen (secondary N) is 3. The zero-order valence-electron chi connectivity index (χ0n) is 11.3. The number of allylic oxidation sites excluding steroid dienone is 2. The summed E-state index contributed by atoms with van der Waals surface area (Å²) < 4.78 is 0. The van der Waals surface area contributed by atoms with Gasteiger partial charge in [0.15, 0.2) is 5.57 Å². The molecule has 1 heterocycles. The van der Waals surface area contributed by atoms with Gasteiger partial charge in [-0.15, -0.1) is 0 Å². The van der Waals surface area contributed by atoms with Crippen LogP contribution in [0.5, 0.6) is 0 Å². The van der Waals surface area contributed by atoms with Gasteiger partial charge in [0.1, 0.15) is 23.9 Å². The van der Waals surface area contributed by atoms with Crippen LogP contribution in [-0.4, -0.2) is 9.97 Å². The zero-order valence-corrected chi connectivity index (χ0v) is 11.3. The lowest BCUT2D eigenvalue weighted by molar-refractivity contribution is 1.21. The van der Waals surface area contributed by atoms with Gasteiger partial charge in [-0.25, -0.2) is 4.79 Å². The molecular weight excluding hydrogens is 268 g/mol. The molecule has 0 spiro atoms.